The SMILES string of the molecule is C[C@@H]1C[C@H](O)c2ncnc(N3CCN(C(=O)[C@H](CN)c4ccc(Cl)c(F)c4)CC3)c21.Cl.Cl. The molecule has 1 saturated heterocycles. The van der Waals surface area contributed by atoms with Gasteiger partial charge in [0.05, 0.1) is 22.7 Å². The van der Waals surface area contributed by atoms with Crippen molar-refractivity contribution in [1.29, 1.82) is 0 Å². The lowest BCUT2D eigenvalue weighted by Crippen LogP contribution is -2.51. The van der Waals surface area contributed by atoms with Crippen molar-refractivity contribution in [2.75, 3.05) is 37.6 Å². The van der Waals surface area contributed by atoms with Crippen molar-refractivity contribution in [3.05, 3.63) is 52.2 Å². The maximum Gasteiger partial charge on any atom is 0.231 e. The zero-order chi connectivity index (χ0) is 21.4. The van der Waals surface area contributed by atoms with Crippen LogP contribution >= 0.6 is 36.4 Å². The summed E-state index contributed by atoms with van der Waals surface area (Å²) in [5.74, 6) is -0.255. The molecule has 1 fully saturated rings. The molecule has 2 heterocycles. The van der Waals surface area contributed by atoms with Gasteiger partial charge >= 0.3 is 0 Å². The first-order valence-electron chi connectivity index (χ1n) is 10.1. The Morgan fingerprint density at radius 3 is 2.59 bits per heavy atom. The van der Waals surface area contributed by atoms with Crippen LogP contribution in [0.1, 0.15) is 48.1 Å². The van der Waals surface area contributed by atoms with Crippen molar-refractivity contribution in [2.24, 2.45) is 5.73 Å². The van der Waals surface area contributed by atoms with E-state index in [1.165, 1.54) is 18.5 Å². The van der Waals surface area contributed by atoms with E-state index < -0.39 is 17.8 Å². The number of anilines is 1. The van der Waals surface area contributed by atoms with Crippen molar-refractivity contribution >= 4 is 48.1 Å². The lowest BCUT2D eigenvalue weighted by Gasteiger charge is -2.37. The van der Waals surface area contributed by atoms with Gasteiger partial charge in [-0.2, -0.15) is 0 Å². The Morgan fingerprint density at radius 2 is 1.97 bits per heavy atom. The summed E-state index contributed by atoms with van der Waals surface area (Å²) in [4.78, 5) is 25.7. The standard InChI is InChI=1S/C21H25ClFN5O2.2ClH/c1-12-8-17(29)19-18(12)20(26-11-25-19)27-4-6-28(7-5-27)21(30)14(10-24)13-2-3-15(22)16(23)9-13;;/h2-3,9,11-12,14,17,29H,4-8,10,24H2,1H3;2*1H/t12-,14-,17+;;/m1../s1. The van der Waals surface area contributed by atoms with Crippen LogP contribution in [0, 0.1) is 5.82 Å². The number of aliphatic hydroxyl groups is 1. The Balaban J connectivity index is 0.00000181. The topological polar surface area (TPSA) is 95.6 Å². The number of hydrogen-bond acceptors (Lipinski definition) is 6. The van der Waals surface area contributed by atoms with Crippen molar-refractivity contribution in [3.8, 4) is 0 Å². The van der Waals surface area contributed by atoms with E-state index >= 15 is 0 Å². The second kappa shape index (κ2) is 10.9. The largest absolute Gasteiger partial charge is 0.387 e. The molecule has 176 valence electrons. The first-order chi connectivity index (χ1) is 14.4. The molecule has 4 rings (SSSR count). The minimum atomic E-state index is -0.609. The molecule has 3 atom stereocenters. The second-order valence-corrected chi connectivity index (χ2v) is 8.33. The lowest BCUT2D eigenvalue weighted by atomic mass is 9.97. The number of rotatable bonds is 4. The van der Waals surface area contributed by atoms with Crippen LogP contribution in [0.3, 0.4) is 0 Å². The number of benzene rings is 1. The molecule has 0 unspecified atom stereocenters. The molecule has 0 bridgehead atoms. The van der Waals surface area contributed by atoms with E-state index in [-0.39, 0.29) is 48.2 Å². The molecular formula is C21H27Cl3FN5O2. The van der Waals surface area contributed by atoms with Gasteiger partial charge in [-0.05, 0) is 30.0 Å². The Kier molecular flexibility index (Phi) is 9.07. The van der Waals surface area contributed by atoms with Gasteiger partial charge in [-0.1, -0.05) is 24.6 Å². The number of nitrogens with two attached hydrogens (primary N) is 1. The fraction of sp³-hybridized carbons (Fsp3) is 0.476. The molecule has 1 aromatic carbocycles. The van der Waals surface area contributed by atoms with E-state index in [2.05, 4.69) is 21.8 Å². The van der Waals surface area contributed by atoms with Crippen molar-refractivity contribution in [2.45, 2.75) is 31.3 Å². The number of fused-ring (bicyclic) bond motifs is 1. The van der Waals surface area contributed by atoms with Gasteiger partial charge in [0.15, 0.2) is 0 Å². The minimum absolute atomic E-state index is 0. The van der Waals surface area contributed by atoms with Crippen LogP contribution in [0.15, 0.2) is 24.5 Å². The van der Waals surface area contributed by atoms with Crippen LogP contribution in [0.2, 0.25) is 5.02 Å². The number of halogens is 4. The molecule has 32 heavy (non-hydrogen) atoms. The molecule has 7 nitrogen and oxygen atoms in total. The molecule has 1 aromatic heterocycles. The number of aromatic nitrogens is 2. The smallest absolute Gasteiger partial charge is 0.231 e. The van der Waals surface area contributed by atoms with E-state index in [1.807, 2.05) is 0 Å². The fourth-order valence-corrected chi connectivity index (χ4v) is 4.54. The summed E-state index contributed by atoms with van der Waals surface area (Å²) in [6.45, 7) is 4.42. The van der Waals surface area contributed by atoms with Gasteiger partial charge in [-0.15, -0.1) is 24.8 Å². The summed E-state index contributed by atoms with van der Waals surface area (Å²) < 4.78 is 13.9. The maximum atomic E-state index is 13.9. The van der Waals surface area contributed by atoms with Crippen molar-refractivity contribution in [1.82, 2.24) is 14.9 Å². The van der Waals surface area contributed by atoms with Gasteiger partial charge in [0.25, 0.3) is 0 Å². The van der Waals surface area contributed by atoms with E-state index in [4.69, 9.17) is 17.3 Å². The third-order valence-corrected chi connectivity index (χ3v) is 6.36. The summed E-state index contributed by atoms with van der Waals surface area (Å²) in [7, 11) is 0. The Morgan fingerprint density at radius 1 is 1.28 bits per heavy atom. The summed E-state index contributed by atoms with van der Waals surface area (Å²) in [5.41, 5.74) is 8.09. The number of piperazine rings is 1. The minimum Gasteiger partial charge on any atom is -0.387 e. The Labute approximate surface area is 204 Å². The molecule has 1 aliphatic carbocycles. The molecule has 1 amide bonds. The van der Waals surface area contributed by atoms with Gasteiger partial charge in [-0.3, -0.25) is 4.79 Å². The average molecular weight is 507 g/mol. The molecule has 0 saturated carbocycles. The van der Waals surface area contributed by atoms with Crippen LogP contribution in [-0.4, -0.2) is 58.6 Å². The maximum absolute atomic E-state index is 13.9. The first-order valence-corrected chi connectivity index (χ1v) is 10.5. The number of amides is 1. The van der Waals surface area contributed by atoms with Gasteiger partial charge in [0.1, 0.15) is 18.0 Å². The van der Waals surface area contributed by atoms with E-state index in [0.29, 0.717) is 43.9 Å². The van der Waals surface area contributed by atoms with Gasteiger partial charge < -0.3 is 20.6 Å². The highest BCUT2D eigenvalue weighted by Crippen LogP contribution is 2.42. The summed E-state index contributed by atoms with van der Waals surface area (Å²) in [6, 6.07) is 4.38. The number of nitrogens with zero attached hydrogens (tertiary/aromatic N) is 4. The van der Waals surface area contributed by atoms with E-state index in [9.17, 15) is 14.3 Å². The average Bonchev–Trinajstić information content (AvgIpc) is 3.05. The normalized spacial score (nSPS) is 20.8. The van der Waals surface area contributed by atoms with Crippen molar-refractivity contribution in [3.63, 3.8) is 0 Å². The number of aliphatic hydroxyl groups excluding tert-OH is 1. The summed E-state index contributed by atoms with van der Waals surface area (Å²) in [6.07, 6.45) is 1.59. The zero-order valence-electron chi connectivity index (χ0n) is 17.6. The zero-order valence-corrected chi connectivity index (χ0v) is 20.0. The number of carbonyl (C=O) groups is 1. The Bertz CT molecular complexity index is 959. The first kappa shape index (κ1) is 26.5. The van der Waals surface area contributed by atoms with Gasteiger partial charge in [0.2, 0.25) is 5.91 Å². The third kappa shape index (κ3) is 4.94. The molecule has 0 spiro atoms. The molecule has 2 aromatic rings. The number of hydrogen-bond donors (Lipinski definition) is 2. The highest BCUT2D eigenvalue weighted by molar-refractivity contribution is 6.30. The molecule has 11 heteroatoms. The predicted octanol–water partition coefficient (Wildman–Crippen LogP) is 3.04. The quantitative estimate of drug-likeness (QED) is 0.662. The predicted molar refractivity (Wildman–Crippen MR) is 127 cm³/mol. The number of carbonyl (C=O) groups excluding carboxylic acids is 1. The summed E-state index contributed by atoms with van der Waals surface area (Å²) >= 11 is 5.76. The Hall–Kier alpha value is -1.71. The van der Waals surface area contributed by atoms with E-state index in [0.717, 1.165) is 11.4 Å². The fourth-order valence-electron chi connectivity index (χ4n) is 4.42. The van der Waals surface area contributed by atoms with Crippen LogP contribution in [-0.2, 0) is 4.79 Å². The van der Waals surface area contributed by atoms with Gasteiger partial charge in [0, 0.05) is 38.3 Å². The van der Waals surface area contributed by atoms with Crippen molar-refractivity contribution < 1.29 is 14.3 Å². The molecule has 3 N–H and O–H groups in total. The van der Waals surface area contributed by atoms with Crippen LogP contribution in [0.4, 0.5) is 10.2 Å². The van der Waals surface area contributed by atoms with E-state index in [1.54, 1.807) is 11.0 Å². The van der Waals surface area contributed by atoms with Crippen LogP contribution in [0.25, 0.3) is 0 Å². The second-order valence-electron chi connectivity index (χ2n) is 7.92. The molecule has 2 aliphatic rings. The summed E-state index contributed by atoms with van der Waals surface area (Å²) in [5, 5.41) is 10.2. The molecule has 1 aliphatic heterocycles. The highest BCUT2D eigenvalue weighted by atomic mass is 35.5. The molecular weight excluding hydrogens is 480 g/mol. The molecule has 0 radical (unpaired) electrons. The van der Waals surface area contributed by atoms with Crippen LogP contribution in [0.5, 0.6) is 0 Å². The lowest BCUT2D eigenvalue weighted by molar-refractivity contribution is -0.132. The monoisotopic (exact) mass is 505 g/mol. The van der Waals surface area contributed by atoms with Crippen LogP contribution < -0.4 is 10.6 Å². The van der Waals surface area contributed by atoms with Gasteiger partial charge in [-0.25, -0.2) is 14.4 Å². The third-order valence-electron chi connectivity index (χ3n) is 6.05. The highest BCUT2D eigenvalue weighted by Gasteiger charge is 2.34.